The molecule has 0 aromatic carbocycles. The molecule has 4 nitrogen and oxygen atoms in total. The van der Waals surface area contributed by atoms with E-state index < -0.39 is 5.41 Å². The maximum Gasteiger partial charge on any atom is 0.201 e. The summed E-state index contributed by atoms with van der Waals surface area (Å²) in [7, 11) is 0. The van der Waals surface area contributed by atoms with Crippen molar-refractivity contribution in [1.82, 2.24) is 0 Å². The molecule has 0 spiro atoms. The first kappa shape index (κ1) is 14.4. The molecule has 100 valence electrons. The van der Waals surface area contributed by atoms with Gasteiger partial charge in [-0.15, -0.1) is 22.7 Å². The summed E-state index contributed by atoms with van der Waals surface area (Å²) in [6.07, 6.45) is 0. The number of nitriles is 2. The normalized spacial score (nSPS) is 11.1. The van der Waals surface area contributed by atoms with E-state index in [2.05, 4.69) is 0 Å². The lowest BCUT2D eigenvalue weighted by atomic mass is 9.87. The Morgan fingerprint density at radius 2 is 1.50 bits per heavy atom. The minimum atomic E-state index is -0.442. The van der Waals surface area contributed by atoms with Gasteiger partial charge in [-0.1, -0.05) is 20.8 Å². The standard InChI is InChI=1S/C14H10N2O2S2/c1-14(2,3)7-4-8(17)12-13(11(7)18)20-10(6-16)9(5-15)19-12/h4H,1-3H3. The molecule has 0 N–H and O–H groups in total. The number of nitrogens with zero attached hydrogens (tertiary/aromatic N) is 2. The fourth-order valence-electron chi connectivity index (χ4n) is 1.79. The highest BCUT2D eigenvalue weighted by molar-refractivity contribution is 7.18. The van der Waals surface area contributed by atoms with E-state index in [4.69, 9.17) is 10.5 Å². The summed E-state index contributed by atoms with van der Waals surface area (Å²) in [5, 5.41) is 18.0. The van der Waals surface area contributed by atoms with Crippen LogP contribution in [0.5, 0.6) is 0 Å². The molecule has 0 saturated heterocycles. The quantitative estimate of drug-likeness (QED) is 0.747. The number of rotatable bonds is 0. The lowest BCUT2D eigenvalue weighted by Gasteiger charge is -2.17. The Labute approximate surface area is 122 Å². The van der Waals surface area contributed by atoms with Crippen LogP contribution < -0.4 is 10.9 Å². The summed E-state index contributed by atoms with van der Waals surface area (Å²) in [6, 6.07) is 5.15. The average Bonchev–Trinajstić information content (AvgIpc) is 2.40. The molecule has 0 bridgehead atoms. The summed E-state index contributed by atoms with van der Waals surface area (Å²) >= 11 is 1.84. The first-order valence-electron chi connectivity index (χ1n) is 5.75. The van der Waals surface area contributed by atoms with E-state index in [0.717, 1.165) is 22.7 Å². The number of hydrogen-bond acceptors (Lipinski definition) is 6. The van der Waals surface area contributed by atoms with Crippen molar-refractivity contribution in [1.29, 1.82) is 10.5 Å². The van der Waals surface area contributed by atoms with Gasteiger partial charge < -0.3 is 0 Å². The van der Waals surface area contributed by atoms with E-state index in [1.807, 2.05) is 32.9 Å². The summed E-state index contributed by atoms with van der Waals surface area (Å²) in [5.41, 5.74) is -0.504. The van der Waals surface area contributed by atoms with Crippen LogP contribution in [0, 0.1) is 31.7 Å². The summed E-state index contributed by atoms with van der Waals surface area (Å²) < 4.78 is 0.520. The molecule has 6 heteroatoms. The molecular weight excluding hydrogens is 292 g/mol. The molecule has 0 saturated carbocycles. The van der Waals surface area contributed by atoms with Gasteiger partial charge in [0.15, 0.2) is 5.43 Å². The lowest BCUT2D eigenvalue weighted by molar-refractivity contribution is 0.584. The molecule has 20 heavy (non-hydrogen) atoms. The van der Waals surface area contributed by atoms with Gasteiger partial charge in [0.1, 0.15) is 21.9 Å². The zero-order valence-corrected chi connectivity index (χ0v) is 12.7. The maximum absolute atomic E-state index is 12.5. The highest BCUT2D eigenvalue weighted by Crippen LogP contribution is 2.22. The van der Waals surface area contributed by atoms with Gasteiger partial charge in [0.05, 0.1) is 9.06 Å². The molecule has 0 atom stereocenters. The second kappa shape index (κ2) is 4.82. The molecule has 0 fully saturated rings. The second-order valence-corrected chi connectivity index (χ2v) is 7.29. The van der Waals surface area contributed by atoms with Crippen molar-refractivity contribution >= 4 is 22.7 Å². The van der Waals surface area contributed by atoms with Crippen molar-refractivity contribution in [3.8, 4) is 12.1 Å². The zero-order valence-electron chi connectivity index (χ0n) is 11.1. The Morgan fingerprint density at radius 3 is 1.95 bits per heavy atom. The minimum Gasteiger partial charge on any atom is -0.288 e. The monoisotopic (exact) mass is 302 g/mol. The van der Waals surface area contributed by atoms with Gasteiger partial charge in [-0.25, -0.2) is 0 Å². The van der Waals surface area contributed by atoms with E-state index in [-0.39, 0.29) is 29.7 Å². The van der Waals surface area contributed by atoms with Crippen LogP contribution in [-0.4, -0.2) is 0 Å². The van der Waals surface area contributed by atoms with Crippen LogP contribution in [0.3, 0.4) is 0 Å². The molecule has 1 aliphatic carbocycles. The molecule has 0 radical (unpaired) electrons. The van der Waals surface area contributed by atoms with E-state index in [1.54, 1.807) is 0 Å². The molecule has 0 unspecified atom stereocenters. The average molecular weight is 302 g/mol. The topological polar surface area (TPSA) is 81.7 Å². The maximum atomic E-state index is 12.5. The fraction of sp³-hybridized carbons (Fsp3) is 0.286. The van der Waals surface area contributed by atoms with E-state index in [1.165, 1.54) is 6.07 Å². The van der Waals surface area contributed by atoms with Crippen LogP contribution in [0.25, 0.3) is 0 Å². The summed E-state index contributed by atoms with van der Waals surface area (Å²) in [4.78, 5) is 25.0. The SMILES string of the molecule is CC(C)(C)c1cc(=O)c2sc(C#N)c(C#N)sc=2c1=O. The van der Waals surface area contributed by atoms with Crippen molar-refractivity contribution in [3.05, 3.63) is 50.9 Å². The van der Waals surface area contributed by atoms with Gasteiger partial charge >= 0.3 is 0 Å². The van der Waals surface area contributed by atoms with Crippen LogP contribution in [0.15, 0.2) is 15.7 Å². The van der Waals surface area contributed by atoms with Crippen molar-refractivity contribution in [2.24, 2.45) is 0 Å². The molecule has 1 heterocycles. The van der Waals surface area contributed by atoms with Gasteiger partial charge in [0.2, 0.25) is 5.43 Å². The van der Waals surface area contributed by atoms with Crippen LogP contribution in [0.2, 0.25) is 0 Å². The van der Waals surface area contributed by atoms with Crippen LogP contribution in [0.4, 0.5) is 0 Å². The molecule has 1 aliphatic heterocycles. The Balaban J connectivity index is 3.12. The first-order valence-corrected chi connectivity index (χ1v) is 7.38. The van der Waals surface area contributed by atoms with E-state index in [0.29, 0.717) is 5.56 Å². The third-order valence-corrected chi connectivity index (χ3v) is 5.24. The second-order valence-electron chi connectivity index (χ2n) is 5.25. The van der Waals surface area contributed by atoms with E-state index >= 15 is 0 Å². The minimum absolute atomic E-state index is 0.171. The predicted octanol–water partition coefficient (Wildman–Crippen LogP) is 2.30. The Kier molecular flexibility index (Phi) is 3.47. The largest absolute Gasteiger partial charge is 0.288 e. The molecular formula is C14H10N2O2S2. The third-order valence-electron chi connectivity index (χ3n) is 2.78. The van der Waals surface area contributed by atoms with Crippen molar-refractivity contribution in [3.63, 3.8) is 0 Å². The molecule has 0 aromatic heterocycles. The van der Waals surface area contributed by atoms with Crippen molar-refractivity contribution < 1.29 is 0 Å². The summed E-state index contributed by atoms with van der Waals surface area (Å²) in [5.74, 6) is 0. The van der Waals surface area contributed by atoms with Crippen LogP contribution >= 0.6 is 22.7 Å². The van der Waals surface area contributed by atoms with Crippen LogP contribution in [0.1, 0.15) is 36.1 Å². The van der Waals surface area contributed by atoms with E-state index in [9.17, 15) is 9.59 Å². The highest BCUT2D eigenvalue weighted by Gasteiger charge is 2.20. The molecule has 2 aliphatic rings. The molecule has 2 rings (SSSR count). The molecule has 0 aromatic rings. The van der Waals surface area contributed by atoms with Gasteiger partial charge in [-0.05, 0) is 11.5 Å². The predicted molar refractivity (Wildman–Crippen MR) is 78.2 cm³/mol. The van der Waals surface area contributed by atoms with Gasteiger partial charge in [0.25, 0.3) is 0 Å². The summed E-state index contributed by atoms with van der Waals surface area (Å²) in [6.45, 7) is 5.58. The van der Waals surface area contributed by atoms with Gasteiger partial charge in [-0.3, -0.25) is 9.59 Å². The smallest absolute Gasteiger partial charge is 0.201 e. The molecule has 0 amide bonds. The Morgan fingerprint density at radius 1 is 1.00 bits per heavy atom. The van der Waals surface area contributed by atoms with Crippen LogP contribution in [-0.2, 0) is 5.41 Å². The fourth-order valence-corrected chi connectivity index (χ4v) is 3.81. The van der Waals surface area contributed by atoms with Gasteiger partial charge in [0, 0.05) is 5.56 Å². The van der Waals surface area contributed by atoms with Crippen molar-refractivity contribution in [2.75, 3.05) is 0 Å². The Bertz CT molecular complexity index is 950. The van der Waals surface area contributed by atoms with Gasteiger partial charge in [-0.2, -0.15) is 10.5 Å². The number of hydrogen-bond donors (Lipinski definition) is 0. The Hall–Kier alpha value is -2.02. The zero-order chi connectivity index (χ0) is 15.1. The lowest BCUT2D eigenvalue weighted by Crippen LogP contribution is -2.26. The highest BCUT2D eigenvalue weighted by atomic mass is 32.1. The third kappa shape index (κ3) is 2.24. The first-order chi connectivity index (χ1) is 9.29. The van der Waals surface area contributed by atoms with Crippen molar-refractivity contribution in [2.45, 2.75) is 26.2 Å².